The van der Waals surface area contributed by atoms with Gasteiger partial charge in [-0.1, -0.05) is 103 Å². The normalized spacial score (nSPS) is 13.8. The Bertz CT molecular complexity index is 955. The molecule has 0 saturated heterocycles. The van der Waals surface area contributed by atoms with Crippen molar-refractivity contribution in [3.63, 3.8) is 0 Å². The minimum absolute atomic E-state index is 0.531. The second-order valence-corrected chi connectivity index (χ2v) is 7.87. The van der Waals surface area contributed by atoms with Crippen molar-refractivity contribution in [2.75, 3.05) is 0 Å². The van der Waals surface area contributed by atoms with Crippen molar-refractivity contribution in [3.8, 4) is 11.3 Å². The largest absolute Gasteiger partial charge is 0.236 e. The standard InChI is InChI=1S/C15H18.C12H10ClN/c1-13(15-10-6-3-7-11-15)12-14-8-4-2-5-9-14;1-9-5-7-10(8-6-9)11-3-2-4-12(13)14-11/h2,4-6,8-11,13H,3,7,12H2,1H3;2-8H,1H3. The Hall–Kier alpha value is -2.64. The van der Waals surface area contributed by atoms with Gasteiger partial charge in [-0.05, 0) is 55.4 Å². The average molecular weight is 402 g/mol. The first-order valence-electron chi connectivity index (χ1n) is 10.2. The molecule has 0 amide bonds. The molecule has 0 bridgehead atoms. The lowest BCUT2D eigenvalue weighted by Crippen LogP contribution is -2.03. The lowest BCUT2D eigenvalue weighted by atomic mass is 9.90. The van der Waals surface area contributed by atoms with Gasteiger partial charge in [0.1, 0.15) is 5.15 Å². The molecule has 4 rings (SSSR count). The van der Waals surface area contributed by atoms with Crippen LogP contribution in [-0.4, -0.2) is 4.98 Å². The Morgan fingerprint density at radius 2 is 1.66 bits per heavy atom. The first kappa shape index (κ1) is 21.1. The average Bonchev–Trinajstić information content (AvgIpc) is 2.76. The first-order valence-corrected chi connectivity index (χ1v) is 10.6. The Balaban J connectivity index is 0.000000166. The van der Waals surface area contributed by atoms with Crippen LogP contribution in [0.1, 0.15) is 30.9 Å². The lowest BCUT2D eigenvalue weighted by molar-refractivity contribution is 0.684. The second-order valence-electron chi connectivity index (χ2n) is 7.49. The van der Waals surface area contributed by atoms with Crippen molar-refractivity contribution >= 4 is 11.6 Å². The van der Waals surface area contributed by atoms with Gasteiger partial charge in [0.15, 0.2) is 0 Å². The third kappa shape index (κ3) is 6.73. The predicted molar refractivity (Wildman–Crippen MR) is 125 cm³/mol. The van der Waals surface area contributed by atoms with E-state index in [9.17, 15) is 0 Å². The minimum Gasteiger partial charge on any atom is -0.236 e. The van der Waals surface area contributed by atoms with E-state index in [0.717, 1.165) is 17.7 Å². The quantitative estimate of drug-likeness (QED) is 0.405. The van der Waals surface area contributed by atoms with E-state index in [1.54, 1.807) is 6.07 Å². The molecule has 1 aromatic heterocycles. The topological polar surface area (TPSA) is 12.9 Å². The number of benzene rings is 2. The minimum atomic E-state index is 0.531. The molecule has 1 aliphatic carbocycles. The lowest BCUT2D eigenvalue weighted by Gasteiger charge is -2.15. The van der Waals surface area contributed by atoms with E-state index in [0.29, 0.717) is 11.1 Å². The zero-order valence-electron chi connectivity index (χ0n) is 17.2. The first-order chi connectivity index (χ1) is 14.1. The van der Waals surface area contributed by atoms with Gasteiger partial charge in [-0.2, -0.15) is 0 Å². The SMILES string of the molecule is CC(Cc1ccccc1)C1=CCCC=C1.Cc1ccc(-c2cccc(Cl)n2)cc1. The number of aryl methyl sites for hydroxylation is 1. The number of halogens is 1. The van der Waals surface area contributed by atoms with Crippen LogP contribution in [0.3, 0.4) is 0 Å². The fourth-order valence-electron chi connectivity index (χ4n) is 3.38. The van der Waals surface area contributed by atoms with Gasteiger partial charge >= 0.3 is 0 Å². The van der Waals surface area contributed by atoms with Crippen LogP contribution in [0.5, 0.6) is 0 Å². The van der Waals surface area contributed by atoms with Crippen molar-refractivity contribution in [1.82, 2.24) is 4.98 Å². The molecule has 2 aromatic carbocycles. The van der Waals surface area contributed by atoms with Gasteiger partial charge in [0.2, 0.25) is 0 Å². The molecular weight excluding hydrogens is 374 g/mol. The van der Waals surface area contributed by atoms with Crippen molar-refractivity contribution in [2.45, 2.75) is 33.1 Å². The molecule has 0 radical (unpaired) electrons. The van der Waals surface area contributed by atoms with E-state index in [1.807, 2.05) is 24.3 Å². The van der Waals surface area contributed by atoms with E-state index >= 15 is 0 Å². The Kier molecular flexibility index (Phi) is 7.84. The maximum Gasteiger partial charge on any atom is 0.129 e. The third-order valence-corrected chi connectivity index (χ3v) is 5.25. The summed E-state index contributed by atoms with van der Waals surface area (Å²) in [5, 5.41) is 0.531. The molecule has 148 valence electrons. The van der Waals surface area contributed by atoms with Gasteiger partial charge in [-0.15, -0.1) is 0 Å². The summed E-state index contributed by atoms with van der Waals surface area (Å²) < 4.78 is 0. The highest BCUT2D eigenvalue weighted by Crippen LogP contribution is 2.22. The number of nitrogens with zero attached hydrogens (tertiary/aromatic N) is 1. The number of rotatable bonds is 4. The van der Waals surface area contributed by atoms with E-state index in [4.69, 9.17) is 11.6 Å². The summed E-state index contributed by atoms with van der Waals surface area (Å²) in [5.74, 6) is 0.643. The van der Waals surface area contributed by atoms with Gasteiger partial charge in [0, 0.05) is 5.56 Å². The zero-order chi connectivity index (χ0) is 20.5. The summed E-state index contributed by atoms with van der Waals surface area (Å²) in [4.78, 5) is 4.24. The van der Waals surface area contributed by atoms with Crippen LogP contribution in [0.25, 0.3) is 11.3 Å². The molecule has 2 heteroatoms. The summed E-state index contributed by atoms with van der Waals surface area (Å²) >= 11 is 5.81. The number of pyridine rings is 1. The Morgan fingerprint density at radius 1 is 0.897 bits per heavy atom. The van der Waals surface area contributed by atoms with Gasteiger partial charge in [0.05, 0.1) is 5.69 Å². The van der Waals surface area contributed by atoms with Crippen LogP contribution in [0.2, 0.25) is 5.15 Å². The molecule has 1 aliphatic rings. The van der Waals surface area contributed by atoms with Gasteiger partial charge in [-0.3, -0.25) is 0 Å². The van der Waals surface area contributed by atoms with Crippen LogP contribution >= 0.6 is 11.6 Å². The molecule has 0 aliphatic heterocycles. The molecule has 29 heavy (non-hydrogen) atoms. The highest BCUT2D eigenvalue weighted by atomic mass is 35.5. The van der Waals surface area contributed by atoms with E-state index in [-0.39, 0.29) is 0 Å². The van der Waals surface area contributed by atoms with Crippen LogP contribution < -0.4 is 0 Å². The number of aromatic nitrogens is 1. The monoisotopic (exact) mass is 401 g/mol. The van der Waals surface area contributed by atoms with Crippen molar-refractivity contribution < 1.29 is 0 Å². The van der Waals surface area contributed by atoms with Gasteiger partial charge < -0.3 is 0 Å². The van der Waals surface area contributed by atoms with E-state index in [2.05, 4.69) is 79.5 Å². The molecule has 1 atom stereocenters. The fourth-order valence-corrected chi connectivity index (χ4v) is 3.54. The number of hydrogen-bond donors (Lipinski definition) is 0. The van der Waals surface area contributed by atoms with E-state index < -0.39 is 0 Å². The summed E-state index contributed by atoms with van der Waals surface area (Å²) in [6.45, 7) is 4.38. The molecule has 1 nitrogen and oxygen atoms in total. The molecule has 1 unspecified atom stereocenters. The van der Waals surface area contributed by atoms with Crippen molar-refractivity contribution in [3.05, 3.63) is 113 Å². The second kappa shape index (κ2) is 10.8. The van der Waals surface area contributed by atoms with Crippen LogP contribution in [0.4, 0.5) is 0 Å². The summed E-state index contributed by atoms with van der Waals surface area (Å²) in [6.07, 6.45) is 10.5. The van der Waals surface area contributed by atoms with Gasteiger partial charge in [-0.25, -0.2) is 4.98 Å². The fraction of sp³-hybridized carbons (Fsp3) is 0.222. The molecule has 3 aromatic rings. The Labute approximate surface area is 179 Å². The van der Waals surface area contributed by atoms with Crippen LogP contribution in [0, 0.1) is 12.8 Å². The molecule has 0 saturated carbocycles. The summed E-state index contributed by atoms with van der Waals surface area (Å²) in [7, 11) is 0. The van der Waals surface area contributed by atoms with Crippen molar-refractivity contribution in [1.29, 1.82) is 0 Å². The maximum atomic E-state index is 5.81. The maximum absolute atomic E-state index is 5.81. The van der Waals surface area contributed by atoms with E-state index in [1.165, 1.54) is 29.5 Å². The van der Waals surface area contributed by atoms with Gasteiger partial charge in [0.25, 0.3) is 0 Å². The van der Waals surface area contributed by atoms with Crippen molar-refractivity contribution in [2.24, 2.45) is 5.92 Å². The summed E-state index contributed by atoms with van der Waals surface area (Å²) in [6, 6.07) is 24.6. The molecule has 1 heterocycles. The molecule has 0 spiro atoms. The number of hydrogen-bond acceptors (Lipinski definition) is 1. The third-order valence-electron chi connectivity index (χ3n) is 5.04. The Morgan fingerprint density at radius 3 is 2.31 bits per heavy atom. The molecule has 0 fully saturated rings. The smallest absolute Gasteiger partial charge is 0.129 e. The molecule has 0 N–H and O–H groups in total. The highest BCUT2D eigenvalue weighted by molar-refractivity contribution is 6.29. The van der Waals surface area contributed by atoms with Crippen LogP contribution in [-0.2, 0) is 6.42 Å². The molecular formula is C27H28ClN. The zero-order valence-corrected chi connectivity index (χ0v) is 17.9. The highest BCUT2D eigenvalue weighted by Gasteiger charge is 2.08. The summed E-state index contributed by atoms with van der Waals surface area (Å²) in [5.41, 5.74) is 6.20. The van der Waals surface area contributed by atoms with Crippen LogP contribution in [0.15, 0.2) is 96.6 Å². The predicted octanol–water partition coefficient (Wildman–Crippen LogP) is 7.85. The number of allylic oxidation sites excluding steroid dienone is 4.